The Hall–Kier alpha value is -4.70. The van der Waals surface area contributed by atoms with Gasteiger partial charge in [0.25, 0.3) is 17.7 Å². The summed E-state index contributed by atoms with van der Waals surface area (Å²) in [6, 6.07) is 0. The molecule has 0 saturated heterocycles. The zero-order valence-corrected chi connectivity index (χ0v) is 29.5. The van der Waals surface area contributed by atoms with Crippen LogP contribution in [0.15, 0.2) is 0 Å². The molecule has 6 N–H and O–H groups in total. The number of aliphatic hydroxyl groups is 4. The minimum Gasteiger partial charge on any atom is -0.394 e. The Kier molecular flexibility index (Phi) is 14.1. The second-order valence-corrected chi connectivity index (χ2v) is 12.0. The summed E-state index contributed by atoms with van der Waals surface area (Å²) in [5.74, 6) is -3.04. The normalized spacial score (nSPS) is 11.4. The molecule has 15 nitrogen and oxygen atoms in total. The number of rotatable bonds is 14. The summed E-state index contributed by atoms with van der Waals surface area (Å²) < 4.78 is 0. The molecule has 5 amide bonds. The number of likely N-dealkylation sites (N-methyl/N-ethyl adjacent to an activating group) is 3. The van der Waals surface area contributed by atoms with Crippen LogP contribution in [0.3, 0.4) is 0 Å². The zero-order valence-electron chi connectivity index (χ0n) is 29.5. The largest absolute Gasteiger partial charge is 0.394 e. The summed E-state index contributed by atoms with van der Waals surface area (Å²) in [6.45, 7) is 7.28. The predicted molar refractivity (Wildman–Crippen MR) is 182 cm³/mol. The molecule has 0 heterocycles. The van der Waals surface area contributed by atoms with E-state index in [4.69, 9.17) is 0 Å². The van der Waals surface area contributed by atoms with Gasteiger partial charge in [0.15, 0.2) is 6.29 Å². The van der Waals surface area contributed by atoms with Crippen LogP contribution in [0.25, 0.3) is 0 Å². The van der Waals surface area contributed by atoms with E-state index < -0.39 is 55.5 Å². The summed E-state index contributed by atoms with van der Waals surface area (Å²) in [5.41, 5.74) is 3.26. The molecule has 2 aromatic rings. The van der Waals surface area contributed by atoms with Crippen molar-refractivity contribution in [3.63, 3.8) is 0 Å². The molecule has 0 saturated carbocycles. The Labute approximate surface area is 285 Å². The smallest absolute Gasteiger partial charge is 0.254 e. The molecule has 0 aliphatic rings. The van der Waals surface area contributed by atoms with Crippen LogP contribution in [0.1, 0.15) is 74.8 Å². The summed E-state index contributed by atoms with van der Waals surface area (Å²) in [4.78, 5) is 81.4. The van der Waals surface area contributed by atoms with Crippen LogP contribution in [-0.4, -0.2) is 138 Å². The van der Waals surface area contributed by atoms with Crippen LogP contribution in [0.4, 0.5) is 11.4 Å². The first-order valence-corrected chi connectivity index (χ1v) is 15.5. The molecule has 15 heteroatoms. The van der Waals surface area contributed by atoms with Gasteiger partial charge in [-0.2, -0.15) is 0 Å². The third-order valence-electron chi connectivity index (χ3n) is 8.64. The maximum absolute atomic E-state index is 14.0. The lowest BCUT2D eigenvalue weighted by molar-refractivity contribution is -0.119. The average molecular weight is 686 g/mol. The number of carbonyl (C=O) groups is 6. The molecule has 0 aliphatic carbocycles. The van der Waals surface area contributed by atoms with Crippen LogP contribution in [0.2, 0.25) is 0 Å². The minimum absolute atomic E-state index is 0.0244. The zero-order chi connectivity index (χ0) is 37.5. The molecule has 2 rings (SSSR count). The van der Waals surface area contributed by atoms with Crippen molar-refractivity contribution in [1.29, 1.82) is 0 Å². The van der Waals surface area contributed by atoms with E-state index in [2.05, 4.69) is 10.6 Å². The number of nitrogens with zero attached hydrogens (tertiary/aromatic N) is 3. The molecule has 1 unspecified atom stereocenters. The fraction of sp³-hybridized carbons (Fsp3) is 0.471. The second-order valence-electron chi connectivity index (χ2n) is 12.0. The number of amides is 5. The summed E-state index contributed by atoms with van der Waals surface area (Å²) in [6.07, 6.45) is -0.611. The highest BCUT2D eigenvalue weighted by atomic mass is 16.3. The molecule has 0 fully saturated rings. The Bertz CT molecular complexity index is 1660. The maximum Gasteiger partial charge on any atom is 0.254 e. The monoisotopic (exact) mass is 685 g/mol. The topological polar surface area (TPSA) is 217 Å². The maximum atomic E-state index is 14.0. The Balaban J connectivity index is 2.51. The first-order chi connectivity index (χ1) is 22.9. The summed E-state index contributed by atoms with van der Waals surface area (Å²) in [7, 11) is 4.45. The highest BCUT2D eigenvalue weighted by molar-refractivity contribution is 6.08. The number of benzene rings is 2. The van der Waals surface area contributed by atoms with E-state index in [1.807, 2.05) is 0 Å². The van der Waals surface area contributed by atoms with Crippen molar-refractivity contribution in [1.82, 2.24) is 14.7 Å². The molecule has 0 spiro atoms. The average Bonchev–Trinajstić information content (AvgIpc) is 3.06. The van der Waals surface area contributed by atoms with E-state index in [9.17, 15) is 49.2 Å². The molecular formula is C34H47N5O10. The van der Waals surface area contributed by atoms with Crippen molar-refractivity contribution in [2.45, 2.75) is 47.6 Å². The number of nitrogens with one attached hydrogen (secondary N) is 2. The van der Waals surface area contributed by atoms with Gasteiger partial charge in [0.1, 0.15) is 13.2 Å². The molecule has 1 atom stereocenters. The van der Waals surface area contributed by atoms with Gasteiger partial charge < -0.3 is 45.8 Å². The molecule has 0 radical (unpaired) electrons. The molecular weight excluding hydrogens is 638 g/mol. The predicted octanol–water partition coefficient (Wildman–Crippen LogP) is 0.481. The fourth-order valence-corrected chi connectivity index (χ4v) is 5.86. The molecule has 49 heavy (non-hydrogen) atoms. The SMILES string of the molecule is Cc1c(C=O)c(C)c(C(=O)N(C)CCN(C)C(=O)c2c(C)c(NC(=O)CO)c(C)c(C(=O)N(C)CC(O)CO)c2C)c(C)c1NC(=O)CO. The third-order valence-corrected chi connectivity index (χ3v) is 8.64. The van der Waals surface area contributed by atoms with E-state index in [1.54, 1.807) is 41.5 Å². The number of hydrogen-bond donors (Lipinski definition) is 6. The highest BCUT2D eigenvalue weighted by Crippen LogP contribution is 2.34. The Morgan fingerprint density at radius 2 is 0.980 bits per heavy atom. The van der Waals surface area contributed by atoms with Gasteiger partial charge in [0.2, 0.25) is 11.8 Å². The fourth-order valence-electron chi connectivity index (χ4n) is 5.86. The highest BCUT2D eigenvalue weighted by Gasteiger charge is 2.30. The number of anilines is 2. The van der Waals surface area contributed by atoms with Gasteiger partial charge in [-0.05, 0) is 74.9 Å². The lowest BCUT2D eigenvalue weighted by Crippen LogP contribution is -2.39. The van der Waals surface area contributed by atoms with Gasteiger partial charge >= 0.3 is 0 Å². The molecule has 0 aliphatic heterocycles. The number of aliphatic hydroxyl groups excluding tert-OH is 4. The van der Waals surface area contributed by atoms with Crippen LogP contribution in [-0.2, 0) is 9.59 Å². The molecule has 0 aromatic heterocycles. The van der Waals surface area contributed by atoms with E-state index in [0.717, 1.165) is 0 Å². The van der Waals surface area contributed by atoms with Gasteiger partial charge in [-0.25, -0.2) is 0 Å². The summed E-state index contributed by atoms with van der Waals surface area (Å²) in [5, 5.41) is 42.9. The minimum atomic E-state index is -1.20. The van der Waals surface area contributed by atoms with Gasteiger partial charge in [-0.1, -0.05) is 0 Å². The van der Waals surface area contributed by atoms with Crippen molar-refractivity contribution >= 4 is 47.2 Å². The van der Waals surface area contributed by atoms with E-state index in [-0.39, 0.29) is 53.3 Å². The van der Waals surface area contributed by atoms with Crippen LogP contribution >= 0.6 is 0 Å². The van der Waals surface area contributed by atoms with Gasteiger partial charge in [-0.15, -0.1) is 0 Å². The molecule has 0 bridgehead atoms. The quantitative estimate of drug-likeness (QED) is 0.151. The van der Waals surface area contributed by atoms with Gasteiger partial charge in [-0.3, -0.25) is 28.8 Å². The van der Waals surface area contributed by atoms with Crippen LogP contribution in [0.5, 0.6) is 0 Å². The number of hydrogen-bond acceptors (Lipinski definition) is 10. The van der Waals surface area contributed by atoms with Crippen molar-refractivity contribution in [3.8, 4) is 0 Å². The van der Waals surface area contributed by atoms with Gasteiger partial charge in [0.05, 0.1) is 12.7 Å². The van der Waals surface area contributed by atoms with E-state index >= 15 is 0 Å². The summed E-state index contributed by atoms with van der Waals surface area (Å²) >= 11 is 0. The van der Waals surface area contributed by atoms with Crippen molar-refractivity contribution in [2.24, 2.45) is 0 Å². The Morgan fingerprint density at radius 1 is 0.612 bits per heavy atom. The lowest BCUT2D eigenvalue weighted by atomic mass is 9.89. The van der Waals surface area contributed by atoms with Crippen molar-refractivity contribution in [3.05, 3.63) is 55.6 Å². The van der Waals surface area contributed by atoms with E-state index in [1.165, 1.54) is 35.8 Å². The number of carbonyl (C=O) groups excluding carboxylic acids is 6. The first kappa shape index (κ1) is 40.5. The Morgan fingerprint density at radius 3 is 1.35 bits per heavy atom. The lowest BCUT2D eigenvalue weighted by Gasteiger charge is -2.28. The first-order valence-electron chi connectivity index (χ1n) is 15.5. The molecule has 2 aromatic carbocycles. The third kappa shape index (κ3) is 8.67. The van der Waals surface area contributed by atoms with E-state index in [0.29, 0.717) is 39.7 Å². The number of aldehydes is 1. The second kappa shape index (κ2) is 17.1. The standard InChI is InChI=1S/C34H47N5O10/c1-17-24(14-41)18(2)30(35-25(45)15-42)20(4)27(17)32(47)37(7)10-11-38(8)33(48)28-19(3)29(34(49)39(9)12-23(44)13-40)22(6)31(21(28)5)36-26(46)16-43/h14,23,40,42-44H,10-13,15-16H2,1-9H3,(H,35,45)(H,36,46). The van der Waals surface area contributed by atoms with Crippen molar-refractivity contribution < 1.29 is 49.2 Å². The van der Waals surface area contributed by atoms with Crippen LogP contribution < -0.4 is 10.6 Å². The molecule has 268 valence electrons. The van der Waals surface area contributed by atoms with Gasteiger partial charge in [0, 0.05) is 74.4 Å². The van der Waals surface area contributed by atoms with Crippen LogP contribution in [0, 0.1) is 41.5 Å². The van der Waals surface area contributed by atoms with Crippen molar-refractivity contribution in [2.75, 3.05) is 71.2 Å².